The van der Waals surface area contributed by atoms with Crippen LogP contribution in [0.15, 0.2) is 54.9 Å². The molecule has 0 atom stereocenters. The van der Waals surface area contributed by atoms with Crippen molar-refractivity contribution >= 4 is 22.9 Å². The van der Waals surface area contributed by atoms with Crippen LogP contribution in [0.3, 0.4) is 0 Å². The van der Waals surface area contributed by atoms with Gasteiger partial charge in [-0.05, 0) is 28.8 Å². The molecule has 136 valence electrons. The third kappa shape index (κ3) is 3.61. The van der Waals surface area contributed by atoms with Crippen molar-refractivity contribution in [3.05, 3.63) is 71.4 Å². The van der Waals surface area contributed by atoms with Crippen molar-refractivity contribution in [1.82, 2.24) is 24.8 Å². The summed E-state index contributed by atoms with van der Waals surface area (Å²) in [6.45, 7) is 4.75. The molecule has 0 aliphatic rings. The minimum Gasteiger partial charge on any atom is -0.378 e. The average Bonchev–Trinajstić information content (AvgIpc) is 3.11. The Hall–Kier alpha value is -2.99. The lowest BCUT2D eigenvalue weighted by Crippen LogP contribution is -2.05. The van der Waals surface area contributed by atoms with Crippen molar-refractivity contribution in [1.29, 1.82) is 0 Å². The molecule has 3 heterocycles. The molecule has 0 unspecified atom stereocenters. The van der Waals surface area contributed by atoms with Crippen LogP contribution in [0.4, 0.5) is 5.69 Å². The van der Waals surface area contributed by atoms with Gasteiger partial charge in [0.1, 0.15) is 0 Å². The molecular weight excluding hydrogens is 360 g/mol. The molecule has 3 aromatic heterocycles. The highest BCUT2D eigenvalue weighted by atomic mass is 35.5. The van der Waals surface area contributed by atoms with Crippen LogP contribution in [-0.4, -0.2) is 24.8 Å². The van der Waals surface area contributed by atoms with Gasteiger partial charge in [0.15, 0.2) is 11.0 Å². The molecule has 0 bridgehead atoms. The van der Waals surface area contributed by atoms with Gasteiger partial charge in [-0.15, -0.1) is 10.2 Å². The van der Waals surface area contributed by atoms with Crippen LogP contribution >= 0.6 is 11.6 Å². The minimum atomic E-state index is 0.208. The maximum absolute atomic E-state index is 6.20. The molecule has 0 aliphatic heterocycles. The first-order valence-electron chi connectivity index (χ1n) is 8.77. The van der Waals surface area contributed by atoms with E-state index in [-0.39, 0.29) is 5.92 Å². The Labute approximate surface area is 162 Å². The van der Waals surface area contributed by atoms with Crippen molar-refractivity contribution in [2.75, 3.05) is 5.32 Å². The zero-order valence-electron chi connectivity index (χ0n) is 15.1. The monoisotopic (exact) mass is 378 g/mol. The fourth-order valence-electron chi connectivity index (χ4n) is 2.91. The van der Waals surface area contributed by atoms with E-state index >= 15 is 0 Å². The van der Waals surface area contributed by atoms with E-state index < -0.39 is 0 Å². The molecule has 1 N–H and O–H groups in total. The van der Waals surface area contributed by atoms with Crippen LogP contribution in [0.25, 0.3) is 16.8 Å². The number of hydrogen-bond donors (Lipinski definition) is 1. The fraction of sp³-hybridized carbons (Fsp3) is 0.200. The van der Waals surface area contributed by atoms with E-state index in [0.29, 0.717) is 17.3 Å². The zero-order valence-corrected chi connectivity index (χ0v) is 15.9. The van der Waals surface area contributed by atoms with Crippen molar-refractivity contribution < 1.29 is 0 Å². The Balaban J connectivity index is 1.55. The topological polar surface area (TPSA) is 68.0 Å². The van der Waals surface area contributed by atoms with Crippen LogP contribution in [0.2, 0.25) is 5.15 Å². The summed E-state index contributed by atoms with van der Waals surface area (Å²) in [6, 6.07) is 14.2. The minimum absolute atomic E-state index is 0.208. The van der Waals surface area contributed by atoms with Crippen molar-refractivity contribution in [3.63, 3.8) is 0 Å². The first-order chi connectivity index (χ1) is 13.1. The molecule has 0 radical (unpaired) electrons. The summed E-state index contributed by atoms with van der Waals surface area (Å²) in [4.78, 5) is 4.06. The van der Waals surface area contributed by atoms with Gasteiger partial charge in [0.2, 0.25) is 5.65 Å². The average molecular weight is 379 g/mol. The van der Waals surface area contributed by atoms with Gasteiger partial charge in [-0.2, -0.15) is 9.61 Å². The smallest absolute Gasteiger partial charge is 0.201 e. The Morgan fingerprint density at radius 3 is 2.41 bits per heavy atom. The molecule has 27 heavy (non-hydrogen) atoms. The van der Waals surface area contributed by atoms with E-state index in [0.717, 1.165) is 28.2 Å². The number of aromatic nitrogens is 5. The number of nitrogens with zero attached hydrogens (tertiary/aromatic N) is 5. The molecule has 0 spiro atoms. The lowest BCUT2D eigenvalue weighted by molar-refractivity contribution is 0.721. The van der Waals surface area contributed by atoms with E-state index in [4.69, 9.17) is 11.6 Å². The molecule has 6 nitrogen and oxygen atoms in total. The van der Waals surface area contributed by atoms with Gasteiger partial charge in [0, 0.05) is 30.9 Å². The number of rotatable bonds is 5. The maximum atomic E-state index is 6.20. The molecule has 1 aromatic carbocycles. The fourth-order valence-corrected chi connectivity index (χ4v) is 3.10. The summed E-state index contributed by atoms with van der Waals surface area (Å²) in [7, 11) is 0. The second-order valence-electron chi connectivity index (χ2n) is 6.62. The summed E-state index contributed by atoms with van der Waals surface area (Å²) >= 11 is 6.20. The summed E-state index contributed by atoms with van der Waals surface area (Å²) in [5.41, 5.74) is 4.96. The van der Waals surface area contributed by atoms with E-state index in [1.165, 1.54) is 0 Å². The molecular formula is C20H19ClN6. The molecule has 7 heteroatoms. The highest BCUT2D eigenvalue weighted by Crippen LogP contribution is 2.23. The quantitative estimate of drug-likeness (QED) is 0.550. The number of fused-ring (bicyclic) bond motifs is 1. The summed E-state index contributed by atoms with van der Waals surface area (Å²) in [5.74, 6) is 0.997. The summed E-state index contributed by atoms with van der Waals surface area (Å²) in [5, 5.41) is 16.6. The molecule has 4 rings (SSSR count). The van der Waals surface area contributed by atoms with E-state index in [2.05, 4.69) is 63.7 Å². The van der Waals surface area contributed by atoms with Crippen molar-refractivity contribution in [2.45, 2.75) is 26.3 Å². The van der Waals surface area contributed by atoms with Crippen LogP contribution in [0.5, 0.6) is 0 Å². The Morgan fingerprint density at radius 1 is 1.00 bits per heavy atom. The van der Waals surface area contributed by atoms with Gasteiger partial charge in [0.05, 0.1) is 5.69 Å². The summed E-state index contributed by atoms with van der Waals surface area (Å²) in [6.07, 6.45) is 3.60. The van der Waals surface area contributed by atoms with E-state index in [1.54, 1.807) is 23.0 Å². The third-order valence-corrected chi connectivity index (χ3v) is 4.52. The lowest BCUT2D eigenvalue weighted by Gasteiger charge is -2.10. The third-order valence-electron chi connectivity index (χ3n) is 4.33. The van der Waals surface area contributed by atoms with Gasteiger partial charge in [-0.3, -0.25) is 4.98 Å². The predicted molar refractivity (Wildman–Crippen MR) is 107 cm³/mol. The van der Waals surface area contributed by atoms with Gasteiger partial charge in [-0.25, -0.2) is 0 Å². The van der Waals surface area contributed by atoms with Crippen LogP contribution in [-0.2, 0) is 6.54 Å². The number of benzene rings is 1. The highest BCUT2D eigenvalue weighted by molar-refractivity contribution is 6.29. The largest absolute Gasteiger partial charge is 0.378 e. The standard InChI is InChI=1S/C20H19ClN6/c1-13(2)19-24-25-20-17(11-18(21)26-27(19)20)23-12-14-3-5-15(6-4-14)16-7-9-22-10-8-16/h3-11,13,23H,12H2,1-2H3. The number of halogens is 1. The first-order valence-corrected chi connectivity index (χ1v) is 9.14. The van der Waals surface area contributed by atoms with Gasteiger partial charge < -0.3 is 5.32 Å². The lowest BCUT2D eigenvalue weighted by atomic mass is 10.1. The number of nitrogens with one attached hydrogen (secondary N) is 1. The summed E-state index contributed by atoms with van der Waals surface area (Å²) < 4.78 is 1.71. The second-order valence-corrected chi connectivity index (χ2v) is 7.00. The maximum Gasteiger partial charge on any atom is 0.201 e. The Morgan fingerprint density at radius 2 is 1.70 bits per heavy atom. The SMILES string of the molecule is CC(C)c1nnc2c(NCc3ccc(-c4ccncc4)cc3)cc(Cl)nn12. The zero-order chi connectivity index (χ0) is 18.8. The number of hydrogen-bond acceptors (Lipinski definition) is 5. The van der Waals surface area contributed by atoms with Gasteiger partial charge in [0.25, 0.3) is 0 Å². The van der Waals surface area contributed by atoms with Crippen molar-refractivity contribution in [2.24, 2.45) is 0 Å². The Kier molecular flexibility index (Phi) is 4.73. The number of pyridine rings is 1. The molecule has 0 aliphatic carbocycles. The van der Waals surface area contributed by atoms with Crippen LogP contribution in [0, 0.1) is 0 Å². The first kappa shape index (κ1) is 17.4. The molecule has 0 saturated carbocycles. The van der Waals surface area contributed by atoms with Crippen LogP contribution in [0.1, 0.15) is 31.2 Å². The normalized spacial score (nSPS) is 11.3. The molecule has 0 amide bonds. The molecule has 0 saturated heterocycles. The predicted octanol–water partition coefficient (Wildman–Crippen LogP) is 4.58. The molecule has 4 aromatic rings. The van der Waals surface area contributed by atoms with Crippen LogP contribution < -0.4 is 5.32 Å². The highest BCUT2D eigenvalue weighted by Gasteiger charge is 2.14. The molecule has 0 fully saturated rings. The van der Waals surface area contributed by atoms with Gasteiger partial charge in [-0.1, -0.05) is 49.7 Å². The Bertz CT molecular complexity index is 1060. The number of anilines is 1. The van der Waals surface area contributed by atoms with E-state index in [1.807, 2.05) is 12.1 Å². The second kappa shape index (κ2) is 7.32. The van der Waals surface area contributed by atoms with Crippen molar-refractivity contribution in [3.8, 4) is 11.1 Å². The van der Waals surface area contributed by atoms with Gasteiger partial charge >= 0.3 is 0 Å². The van der Waals surface area contributed by atoms with E-state index in [9.17, 15) is 0 Å².